The first kappa shape index (κ1) is 21.3. The Hall–Kier alpha value is -4.05. The number of carbonyl (C=O) groups is 1. The fourth-order valence-corrected chi connectivity index (χ4v) is 7.40. The number of anilines is 1. The minimum atomic E-state index is -1.71. The predicted octanol–water partition coefficient (Wildman–Crippen LogP) is 4.72. The number of nitrogens with zero attached hydrogens (tertiary/aromatic N) is 2. The lowest BCUT2D eigenvalue weighted by atomic mass is 9.68. The number of benzene rings is 2. The van der Waals surface area contributed by atoms with Crippen LogP contribution < -0.4 is 21.0 Å². The predicted molar refractivity (Wildman–Crippen MR) is 133 cm³/mol. The molecule has 7 heteroatoms. The largest absolute Gasteiger partial charge is 0.439 e. The lowest BCUT2D eigenvalue weighted by Crippen LogP contribution is -2.58. The Morgan fingerprint density at radius 2 is 1.86 bits per heavy atom. The molecule has 36 heavy (non-hydrogen) atoms. The maximum Gasteiger partial charge on any atom is 0.345 e. The molecule has 1 fully saturated rings. The number of nitriles is 1. The fourth-order valence-electron chi connectivity index (χ4n) is 7.40. The number of carbonyl (C=O) groups excluding carboxylic acids is 1. The number of amides is 1. The van der Waals surface area contributed by atoms with Crippen molar-refractivity contribution >= 4 is 22.6 Å². The van der Waals surface area contributed by atoms with E-state index in [2.05, 4.69) is 19.1 Å². The van der Waals surface area contributed by atoms with Gasteiger partial charge in [0.05, 0.1) is 11.1 Å². The van der Waals surface area contributed by atoms with E-state index in [9.17, 15) is 14.9 Å². The van der Waals surface area contributed by atoms with Gasteiger partial charge in [-0.2, -0.15) is 5.26 Å². The maximum atomic E-state index is 15.0. The number of hydrogen-bond donors (Lipinski definition) is 1. The Labute approximate surface area is 207 Å². The molecule has 7 rings (SSSR count). The molecule has 4 aliphatic rings. The summed E-state index contributed by atoms with van der Waals surface area (Å²) in [6, 6.07) is 15.0. The summed E-state index contributed by atoms with van der Waals surface area (Å²) in [6.07, 6.45) is 5.85. The van der Waals surface area contributed by atoms with Crippen LogP contribution in [0.15, 0.2) is 63.1 Å². The van der Waals surface area contributed by atoms with E-state index in [-0.39, 0.29) is 40.1 Å². The molecule has 0 saturated heterocycles. The Morgan fingerprint density at radius 1 is 1.08 bits per heavy atom. The van der Waals surface area contributed by atoms with Crippen LogP contribution in [0, 0.1) is 11.3 Å². The molecule has 7 nitrogen and oxygen atoms in total. The normalized spacial score (nSPS) is 25.6. The van der Waals surface area contributed by atoms with Crippen molar-refractivity contribution in [3.8, 4) is 11.8 Å². The van der Waals surface area contributed by atoms with E-state index in [0.29, 0.717) is 16.5 Å². The van der Waals surface area contributed by atoms with Crippen molar-refractivity contribution < 1.29 is 13.9 Å². The van der Waals surface area contributed by atoms with Crippen molar-refractivity contribution in [1.29, 1.82) is 5.26 Å². The van der Waals surface area contributed by atoms with Crippen LogP contribution in [-0.4, -0.2) is 11.4 Å². The summed E-state index contributed by atoms with van der Waals surface area (Å²) in [6.45, 7) is 2.20. The second-order valence-electron chi connectivity index (χ2n) is 10.6. The van der Waals surface area contributed by atoms with Crippen molar-refractivity contribution in [3.05, 3.63) is 81.0 Å². The average Bonchev–Trinajstić information content (AvgIpc) is 3.13. The Morgan fingerprint density at radius 3 is 2.64 bits per heavy atom. The van der Waals surface area contributed by atoms with Crippen LogP contribution in [0.25, 0.3) is 11.0 Å². The third-order valence-electron chi connectivity index (χ3n) is 8.78. The van der Waals surface area contributed by atoms with Crippen molar-refractivity contribution in [2.45, 2.75) is 62.3 Å². The topological polar surface area (TPSA) is 110 Å². The standard InChI is InChI=1S/C29H25N3O4/c1-16-14-28(12-5-2-6-13-28)32-23-17(16)9-7-10-19(23)29(27(32)34)20(15-30)25(31)36-24-18-8-3-4-11-21(18)35-26(33)22(24)29/h3-4,7-11,16H,2,5-6,12-14,31H2,1H3. The Kier molecular flexibility index (Phi) is 4.14. The van der Waals surface area contributed by atoms with Gasteiger partial charge in [0, 0.05) is 11.1 Å². The molecule has 2 unspecified atom stereocenters. The molecule has 180 valence electrons. The van der Waals surface area contributed by atoms with Crippen LogP contribution in [0.5, 0.6) is 5.75 Å². The summed E-state index contributed by atoms with van der Waals surface area (Å²) in [5.74, 6) is -0.0333. The fraction of sp³-hybridized carbons (Fsp3) is 0.345. The summed E-state index contributed by atoms with van der Waals surface area (Å²) in [4.78, 5) is 30.6. The smallest absolute Gasteiger partial charge is 0.345 e. The van der Waals surface area contributed by atoms with Gasteiger partial charge in [0.15, 0.2) is 11.2 Å². The van der Waals surface area contributed by atoms with Gasteiger partial charge in [0.2, 0.25) is 11.8 Å². The quantitative estimate of drug-likeness (QED) is 0.467. The third-order valence-corrected chi connectivity index (χ3v) is 8.78. The second kappa shape index (κ2) is 7.01. The Balaban J connectivity index is 1.64. The average molecular weight is 480 g/mol. The van der Waals surface area contributed by atoms with Gasteiger partial charge in [-0.3, -0.25) is 4.79 Å². The van der Waals surface area contributed by atoms with E-state index >= 15 is 0 Å². The molecular weight excluding hydrogens is 454 g/mol. The summed E-state index contributed by atoms with van der Waals surface area (Å²) < 4.78 is 11.7. The highest BCUT2D eigenvalue weighted by Gasteiger charge is 2.66. The molecular formula is C29H25N3O4. The molecule has 1 saturated carbocycles. The van der Waals surface area contributed by atoms with E-state index in [4.69, 9.17) is 14.9 Å². The molecule has 2 spiro atoms. The number of rotatable bonds is 0. The minimum Gasteiger partial charge on any atom is -0.439 e. The summed E-state index contributed by atoms with van der Waals surface area (Å²) >= 11 is 0. The zero-order valence-electron chi connectivity index (χ0n) is 20.0. The van der Waals surface area contributed by atoms with E-state index in [1.807, 2.05) is 17.0 Å². The molecule has 1 amide bonds. The monoisotopic (exact) mass is 479 g/mol. The Bertz CT molecular complexity index is 1620. The van der Waals surface area contributed by atoms with Gasteiger partial charge in [-0.1, -0.05) is 56.5 Å². The van der Waals surface area contributed by atoms with E-state index in [0.717, 1.165) is 49.8 Å². The first-order valence-electron chi connectivity index (χ1n) is 12.6. The highest BCUT2D eigenvalue weighted by molar-refractivity contribution is 6.16. The van der Waals surface area contributed by atoms with E-state index < -0.39 is 11.0 Å². The van der Waals surface area contributed by atoms with Gasteiger partial charge in [-0.05, 0) is 42.9 Å². The van der Waals surface area contributed by atoms with Gasteiger partial charge in [0.1, 0.15) is 22.8 Å². The first-order chi connectivity index (χ1) is 17.4. The van der Waals surface area contributed by atoms with Gasteiger partial charge in [-0.15, -0.1) is 0 Å². The van der Waals surface area contributed by atoms with Crippen LogP contribution in [0.3, 0.4) is 0 Å². The second-order valence-corrected chi connectivity index (χ2v) is 10.6. The number of hydrogen-bond acceptors (Lipinski definition) is 6. The molecule has 4 heterocycles. The molecule has 0 radical (unpaired) electrons. The summed E-state index contributed by atoms with van der Waals surface area (Å²) in [7, 11) is 0. The summed E-state index contributed by atoms with van der Waals surface area (Å²) in [5.41, 5.74) is 6.45. The van der Waals surface area contributed by atoms with Crippen molar-refractivity contribution in [3.63, 3.8) is 0 Å². The SMILES string of the molecule is CC1CC2(CCCCC2)N2C(=O)C3(C(C#N)=C(N)Oc4c3c(=O)oc3ccccc43)c3cccc1c32. The van der Waals surface area contributed by atoms with Gasteiger partial charge in [0.25, 0.3) is 0 Å². The summed E-state index contributed by atoms with van der Waals surface area (Å²) in [5, 5.41) is 10.9. The maximum absolute atomic E-state index is 15.0. The van der Waals surface area contributed by atoms with Gasteiger partial charge in [-0.25, -0.2) is 4.79 Å². The molecule has 2 N–H and O–H groups in total. The molecule has 3 aromatic rings. The molecule has 0 bridgehead atoms. The number of fused-ring (bicyclic) bond motifs is 6. The lowest BCUT2D eigenvalue weighted by molar-refractivity contribution is -0.122. The van der Waals surface area contributed by atoms with Crippen LogP contribution in [0.1, 0.15) is 68.1 Å². The van der Waals surface area contributed by atoms with E-state index in [1.165, 1.54) is 0 Å². The van der Waals surface area contributed by atoms with Crippen molar-refractivity contribution in [2.75, 3.05) is 4.90 Å². The van der Waals surface area contributed by atoms with Crippen molar-refractivity contribution in [1.82, 2.24) is 0 Å². The molecule has 2 aromatic carbocycles. The first-order valence-corrected chi connectivity index (χ1v) is 12.6. The number of para-hydroxylation sites is 2. The lowest BCUT2D eigenvalue weighted by Gasteiger charge is -2.50. The molecule has 1 aliphatic carbocycles. The molecule has 3 aliphatic heterocycles. The highest BCUT2D eigenvalue weighted by atomic mass is 16.5. The molecule has 2 atom stereocenters. The number of ether oxygens (including phenoxy) is 1. The van der Waals surface area contributed by atoms with Gasteiger partial charge < -0.3 is 19.8 Å². The van der Waals surface area contributed by atoms with Crippen molar-refractivity contribution in [2.24, 2.45) is 5.73 Å². The van der Waals surface area contributed by atoms with Crippen LogP contribution in [-0.2, 0) is 10.2 Å². The zero-order chi connectivity index (χ0) is 24.8. The van der Waals surface area contributed by atoms with E-state index in [1.54, 1.807) is 24.3 Å². The molecule has 1 aromatic heterocycles. The van der Waals surface area contributed by atoms with Crippen LogP contribution in [0.2, 0.25) is 0 Å². The van der Waals surface area contributed by atoms with Gasteiger partial charge >= 0.3 is 5.63 Å². The number of nitrogens with two attached hydrogens (primary N) is 1. The van der Waals surface area contributed by atoms with Crippen LogP contribution >= 0.6 is 0 Å². The highest BCUT2D eigenvalue weighted by Crippen LogP contribution is 2.62. The zero-order valence-corrected chi connectivity index (χ0v) is 20.0. The van der Waals surface area contributed by atoms with Crippen LogP contribution in [0.4, 0.5) is 5.69 Å². The minimum absolute atomic E-state index is 0.0402. The third kappa shape index (κ3) is 2.32.